The summed E-state index contributed by atoms with van der Waals surface area (Å²) < 4.78 is 0. The van der Waals surface area contributed by atoms with E-state index in [1.807, 2.05) is 0 Å². The molecule has 0 atom stereocenters. The predicted molar refractivity (Wildman–Crippen MR) is 97.0 cm³/mol. The summed E-state index contributed by atoms with van der Waals surface area (Å²) in [6.07, 6.45) is 1.59. The van der Waals surface area contributed by atoms with E-state index < -0.39 is 0 Å². The van der Waals surface area contributed by atoms with Gasteiger partial charge < -0.3 is 10.6 Å². The van der Waals surface area contributed by atoms with E-state index in [4.69, 9.17) is 11.6 Å². The third kappa shape index (κ3) is 5.29. The number of hydrogen-bond donors (Lipinski definition) is 2. The van der Waals surface area contributed by atoms with E-state index >= 15 is 0 Å². The lowest BCUT2D eigenvalue weighted by Crippen LogP contribution is -2.35. The summed E-state index contributed by atoms with van der Waals surface area (Å²) >= 11 is 5.51. The van der Waals surface area contributed by atoms with Crippen LogP contribution in [0.25, 0.3) is 0 Å². The Morgan fingerprint density at radius 3 is 1.88 bits per heavy atom. The Morgan fingerprint density at radius 2 is 1.38 bits per heavy atom. The summed E-state index contributed by atoms with van der Waals surface area (Å²) in [5.74, 6) is -0.462. The number of fused-ring (bicyclic) bond motifs is 1. The molecule has 0 aromatic heterocycles. The molecular weight excluding hydrogens is 358 g/mol. The van der Waals surface area contributed by atoms with Gasteiger partial charge in [-0.2, -0.15) is 0 Å². The van der Waals surface area contributed by atoms with Crippen LogP contribution in [-0.4, -0.2) is 54.0 Å². The van der Waals surface area contributed by atoms with Gasteiger partial charge in [0, 0.05) is 38.4 Å². The van der Waals surface area contributed by atoms with Crippen LogP contribution in [-0.2, 0) is 9.59 Å². The average Bonchev–Trinajstić information content (AvgIpc) is 2.88. The number of carbonyl (C=O) groups is 4. The molecule has 1 aromatic carbocycles. The summed E-state index contributed by atoms with van der Waals surface area (Å²) in [7, 11) is 0. The van der Waals surface area contributed by atoms with Gasteiger partial charge in [-0.25, -0.2) is 0 Å². The minimum atomic E-state index is -0.314. The maximum atomic E-state index is 12.2. The highest BCUT2D eigenvalue weighted by Crippen LogP contribution is 2.22. The molecule has 0 bridgehead atoms. The fraction of sp³-hybridized carbons (Fsp3) is 0.444. The molecule has 0 spiro atoms. The van der Waals surface area contributed by atoms with Gasteiger partial charge in [0.25, 0.3) is 11.8 Å². The number of amides is 4. The highest BCUT2D eigenvalue weighted by Gasteiger charge is 2.34. The van der Waals surface area contributed by atoms with Gasteiger partial charge >= 0.3 is 0 Å². The number of benzene rings is 1. The fourth-order valence-corrected chi connectivity index (χ4v) is 2.78. The monoisotopic (exact) mass is 379 g/mol. The van der Waals surface area contributed by atoms with Crippen LogP contribution in [0.2, 0.25) is 0 Å². The zero-order chi connectivity index (χ0) is 18.9. The Morgan fingerprint density at radius 1 is 0.885 bits per heavy atom. The van der Waals surface area contributed by atoms with Crippen molar-refractivity contribution in [1.29, 1.82) is 0 Å². The van der Waals surface area contributed by atoms with Gasteiger partial charge in [-0.15, -0.1) is 11.6 Å². The molecular formula is C18H22ClN3O4. The molecule has 0 saturated heterocycles. The molecule has 1 aromatic rings. The number of nitrogens with one attached hydrogen (secondary N) is 2. The summed E-state index contributed by atoms with van der Waals surface area (Å²) in [6.45, 7) is 0.888. The smallest absolute Gasteiger partial charge is 0.261 e. The average molecular weight is 380 g/mol. The maximum absolute atomic E-state index is 12.2. The molecule has 0 saturated carbocycles. The lowest BCUT2D eigenvalue weighted by molar-refractivity contribution is -0.123. The molecule has 0 unspecified atom stereocenters. The molecule has 0 aliphatic carbocycles. The minimum absolute atomic E-state index is 0.0921. The molecule has 8 heteroatoms. The normalized spacial score (nSPS) is 12.9. The number of hydrogen-bond acceptors (Lipinski definition) is 4. The van der Waals surface area contributed by atoms with Crippen molar-refractivity contribution in [3.63, 3.8) is 0 Å². The summed E-state index contributed by atoms with van der Waals surface area (Å²) in [4.78, 5) is 48.7. The van der Waals surface area contributed by atoms with Gasteiger partial charge in [-0.3, -0.25) is 24.1 Å². The second-order valence-electron chi connectivity index (χ2n) is 5.90. The second-order valence-corrected chi connectivity index (χ2v) is 6.28. The number of imide groups is 1. The molecule has 0 radical (unpaired) electrons. The van der Waals surface area contributed by atoms with Crippen molar-refractivity contribution in [3.8, 4) is 0 Å². The Balaban J connectivity index is 1.63. The van der Waals surface area contributed by atoms with E-state index in [0.29, 0.717) is 49.4 Å². The van der Waals surface area contributed by atoms with Crippen LogP contribution in [0.15, 0.2) is 24.3 Å². The van der Waals surface area contributed by atoms with Crippen LogP contribution < -0.4 is 10.6 Å². The lowest BCUT2D eigenvalue weighted by Gasteiger charge is -2.13. The Hall–Kier alpha value is -2.41. The molecule has 0 fully saturated rings. The van der Waals surface area contributed by atoms with Crippen LogP contribution in [0.5, 0.6) is 0 Å². The molecule has 2 N–H and O–H groups in total. The minimum Gasteiger partial charge on any atom is -0.354 e. The van der Waals surface area contributed by atoms with Gasteiger partial charge in [0.1, 0.15) is 0 Å². The van der Waals surface area contributed by atoms with Crippen LogP contribution in [0.4, 0.5) is 0 Å². The van der Waals surface area contributed by atoms with E-state index in [1.54, 1.807) is 24.3 Å². The second kappa shape index (κ2) is 9.91. The molecule has 140 valence electrons. The van der Waals surface area contributed by atoms with Crippen LogP contribution >= 0.6 is 11.6 Å². The molecule has 2 rings (SSSR count). The number of nitrogens with zero attached hydrogens (tertiary/aromatic N) is 1. The van der Waals surface area contributed by atoms with Crippen molar-refractivity contribution >= 4 is 35.2 Å². The van der Waals surface area contributed by atoms with Crippen molar-refractivity contribution in [2.24, 2.45) is 0 Å². The van der Waals surface area contributed by atoms with Crippen LogP contribution in [0, 0.1) is 0 Å². The molecule has 1 heterocycles. The molecule has 7 nitrogen and oxygen atoms in total. The van der Waals surface area contributed by atoms with E-state index in [0.717, 1.165) is 0 Å². The van der Waals surface area contributed by atoms with Crippen LogP contribution in [0.3, 0.4) is 0 Å². The van der Waals surface area contributed by atoms with Gasteiger partial charge in [0.05, 0.1) is 11.1 Å². The number of alkyl halides is 1. The Labute approximate surface area is 157 Å². The van der Waals surface area contributed by atoms with E-state index in [9.17, 15) is 19.2 Å². The van der Waals surface area contributed by atoms with E-state index in [1.165, 1.54) is 4.90 Å². The van der Waals surface area contributed by atoms with Crippen molar-refractivity contribution in [2.75, 3.05) is 25.5 Å². The van der Waals surface area contributed by atoms with Gasteiger partial charge in [-0.05, 0) is 25.0 Å². The number of rotatable bonds is 10. The van der Waals surface area contributed by atoms with E-state index in [2.05, 4.69) is 10.6 Å². The summed E-state index contributed by atoms with van der Waals surface area (Å²) in [5, 5.41) is 5.38. The first-order valence-electron chi connectivity index (χ1n) is 8.59. The highest BCUT2D eigenvalue weighted by atomic mass is 35.5. The molecule has 1 aliphatic heterocycles. The quantitative estimate of drug-likeness (QED) is 0.364. The van der Waals surface area contributed by atoms with Crippen molar-refractivity contribution in [3.05, 3.63) is 35.4 Å². The first-order chi connectivity index (χ1) is 12.5. The van der Waals surface area contributed by atoms with Gasteiger partial charge in [0.2, 0.25) is 11.8 Å². The Kier molecular flexibility index (Phi) is 7.59. The topological polar surface area (TPSA) is 95.6 Å². The zero-order valence-corrected chi connectivity index (χ0v) is 15.2. The molecule has 4 amide bonds. The lowest BCUT2D eigenvalue weighted by atomic mass is 10.1. The summed E-state index contributed by atoms with van der Waals surface area (Å²) in [5.41, 5.74) is 0.818. The van der Waals surface area contributed by atoms with Crippen molar-refractivity contribution in [2.45, 2.75) is 25.7 Å². The molecule has 1 aliphatic rings. The van der Waals surface area contributed by atoms with Gasteiger partial charge in [-0.1, -0.05) is 12.1 Å². The molecule has 26 heavy (non-hydrogen) atoms. The van der Waals surface area contributed by atoms with Crippen LogP contribution in [0.1, 0.15) is 46.4 Å². The standard InChI is InChI=1S/C18H22ClN3O4/c19-9-3-7-15(23)20-10-11-21-16(24)8-4-12-22-17(25)13-5-1-2-6-14(13)18(22)26/h1-2,5-6H,3-4,7-12H2,(H,20,23)(H,21,24). The third-order valence-corrected chi connectivity index (χ3v) is 4.24. The zero-order valence-electron chi connectivity index (χ0n) is 14.4. The predicted octanol–water partition coefficient (Wildman–Crippen LogP) is 1.31. The summed E-state index contributed by atoms with van der Waals surface area (Å²) in [6, 6.07) is 6.69. The van der Waals surface area contributed by atoms with Crippen molar-refractivity contribution < 1.29 is 19.2 Å². The fourth-order valence-electron chi connectivity index (χ4n) is 2.65. The SMILES string of the molecule is O=C(CCCCl)NCCNC(=O)CCCN1C(=O)c2ccccc2C1=O. The largest absolute Gasteiger partial charge is 0.354 e. The van der Waals surface area contributed by atoms with Gasteiger partial charge in [0.15, 0.2) is 0 Å². The first-order valence-corrected chi connectivity index (χ1v) is 9.12. The highest BCUT2D eigenvalue weighted by molar-refractivity contribution is 6.21. The third-order valence-electron chi connectivity index (χ3n) is 3.97. The first kappa shape index (κ1) is 19.9. The maximum Gasteiger partial charge on any atom is 0.261 e. The Bertz CT molecular complexity index is 658. The van der Waals surface area contributed by atoms with Crippen molar-refractivity contribution in [1.82, 2.24) is 15.5 Å². The number of carbonyl (C=O) groups excluding carboxylic acids is 4. The van der Waals surface area contributed by atoms with E-state index in [-0.39, 0.29) is 36.6 Å². The number of halogens is 1.